The maximum atomic E-state index is 13.4. The molecule has 0 fully saturated rings. The van der Waals surface area contributed by atoms with E-state index >= 15 is 0 Å². The summed E-state index contributed by atoms with van der Waals surface area (Å²) in [5.74, 6) is 0.722. The summed E-state index contributed by atoms with van der Waals surface area (Å²) >= 11 is 0. The summed E-state index contributed by atoms with van der Waals surface area (Å²) < 4.78 is 15.9. The largest absolute Gasteiger partial charge is 0.497 e. The predicted molar refractivity (Wildman–Crippen MR) is 114 cm³/mol. The average molecular weight is 431 g/mol. The van der Waals surface area contributed by atoms with Gasteiger partial charge in [0, 0.05) is 24.2 Å². The number of amides is 2. The van der Waals surface area contributed by atoms with Crippen LogP contribution in [-0.4, -0.2) is 60.8 Å². The minimum absolute atomic E-state index is 0.0769. The third-order valence-electron chi connectivity index (χ3n) is 5.86. The van der Waals surface area contributed by atoms with Gasteiger partial charge in [-0.05, 0) is 24.1 Å². The molecule has 0 saturated heterocycles. The number of nitrogens with zero attached hydrogens (tertiary/aromatic N) is 2. The first-order valence-corrected chi connectivity index (χ1v) is 10.3. The number of aromatic amines is 1. The Labute approximate surface area is 182 Å². The summed E-state index contributed by atoms with van der Waals surface area (Å²) in [5, 5.41) is 2.88. The van der Waals surface area contributed by atoms with Gasteiger partial charge in [-0.2, -0.15) is 0 Å². The zero-order chi connectivity index (χ0) is 22.5. The van der Waals surface area contributed by atoms with Gasteiger partial charge in [-0.15, -0.1) is 0 Å². The second kappa shape index (κ2) is 9.72. The first kappa shape index (κ1) is 22.5. The van der Waals surface area contributed by atoms with Crippen LogP contribution in [0.2, 0.25) is 0 Å². The minimum atomic E-state index is -0.740. The molecule has 2 aromatic rings. The first-order chi connectivity index (χ1) is 14.9. The number of aromatic nitrogens is 2. The van der Waals surface area contributed by atoms with Gasteiger partial charge >= 0.3 is 12.0 Å². The van der Waals surface area contributed by atoms with Crippen molar-refractivity contribution in [1.82, 2.24) is 20.2 Å². The van der Waals surface area contributed by atoms with Crippen LogP contribution < -0.4 is 14.8 Å². The van der Waals surface area contributed by atoms with Gasteiger partial charge in [0.25, 0.3) is 0 Å². The molecule has 2 amide bonds. The van der Waals surface area contributed by atoms with Gasteiger partial charge < -0.3 is 29.4 Å². The maximum absolute atomic E-state index is 13.4. The summed E-state index contributed by atoms with van der Waals surface area (Å²) in [6, 6.07) is 3.85. The van der Waals surface area contributed by atoms with Gasteiger partial charge in [0.15, 0.2) is 0 Å². The van der Waals surface area contributed by atoms with Crippen molar-refractivity contribution < 1.29 is 23.8 Å². The molecule has 1 aliphatic rings. The number of carbonyl (C=O) groups is 2. The SMILES string of the molecule is CC[C@H](C)[C@@H](NC(=O)N1CCc2[nH]cnc2[C@H]1c1cc(OC)ccc1OC)C(=O)OC. The summed E-state index contributed by atoms with van der Waals surface area (Å²) in [4.78, 5) is 35.1. The lowest BCUT2D eigenvalue weighted by atomic mass is 9.94. The fourth-order valence-electron chi connectivity index (χ4n) is 3.88. The van der Waals surface area contributed by atoms with Gasteiger partial charge in [0.1, 0.15) is 23.6 Å². The number of fused-ring (bicyclic) bond motifs is 1. The van der Waals surface area contributed by atoms with Crippen LogP contribution >= 0.6 is 0 Å². The van der Waals surface area contributed by atoms with E-state index in [9.17, 15) is 9.59 Å². The van der Waals surface area contributed by atoms with E-state index < -0.39 is 18.1 Å². The Morgan fingerprint density at radius 3 is 2.71 bits per heavy atom. The number of benzene rings is 1. The van der Waals surface area contributed by atoms with E-state index in [1.165, 1.54) is 7.11 Å². The van der Waals surface area contributed by atoms with Gasteiger partial charge in [0.2, 0.25) is 0 Å². The predicted octanol–water partition coefficient (Wildman–Crippen LogP) is 2.67. The van der Waals surface area contributed by atoms with E-state index in [-0.39, 0.29) is 11.9 Å². The molecular weight excluding hydrogens is 400 g/mol. The Hall–Kier alpha value is -3.23. The normalized spacial score (nSPS) is 17.3. The lowest BCUT2D eigenvalue weighted by Crippen LogP contribution is -2.53. The van der Waals surface area contributed by atoms with Gasteiger partial charge in [-0.25, -0.2) is 14.6 Å². The Kier molecular flexibility index (Phi) is 7.04. The highest BCUT2D eigenvalue weighted by atomic mass is 16.5. The maximum Gasteiger partial charge on any atom is 0.328 e. The first-order valence-electron chi connectivity index (χ1n) is 10.3. The highest BCUT2D eigenvalue weighted by Crippen LogP contribution is 2.39. The molecule has 1 aliphatic heterocycles. The van der Waals surface area contributed by atoms with Crippen LogP contribution in [0.15, 0.2) is 24.5 Å². The summed E-state index contributed by atoms with van der Waals surface area (Å²) in [7, 11) is 4.49. The average Bonchev–Trinajstić information content (AvgIpc) is 3.29. The second-order valence-corrected chi connectivity index (χ2v) is 7.56. The molecule has 0 aliphatic carbocycles. The van der Waals surface area contributed by atoms with Crippen molar-refractivity contribution in [3.05, 3.63) is 41.5 Å². The van der Waals surface area contributed by atoms with Crippen LogP contribution in [-0.2, 0) is 16.0 Å². The number of methoxy groups -OCH3 is 3. The van der Waals surface area contributed by atoms with Crippen molar-refractivity contribution in [2.45, 2.75) is 38.8 Å². The van der Waals surface area contributed by atoms with Crippen LogP contribution in [0, 0.1) is 5.92 Å². The number of carbonyl (C=O) groups excluding carboxylic acids is 2. The number of H-pyrrole nitrogens is 1. The Morgan fingerprint density at radius 2 is 2.06 bits per heavy atom. The molecule has 9 nitrogen and oxygen atoms in total. The summed E-state index contributed by atoms with van der Waals surface area (Å²) in [5.41, 5.74) is 2.46. The summed E-state index contributed by atoms with van der Waals surface area (Å²) in [6.07, 6.45) is 2.97. The molecular formula is C22H30N4O5. The zero-order valence-corrected chi connectivity index (χ0v) is 18.6. The van der Waals surface area contributed by atoms with Crippen molar-refractivity contribution in [3.63, 3.8) is 0 Å². The lowest BCUT2D eigenvalue weighted by molar-refractivity contribution is -0.144. The molecule has 2 heterocycles. The molecule has 168 valence electrons. The molecule has 31 heavy (non-hydrogen) atoms. The van der Waals surface area contributed by atoms with Crippen molar-refractivity contribution in [2.75, 3.05) is 27.9 Å². The molecule has 0 saturated carbocycles. The number of ether oxygens (including phenoxy) is 3. The second-order valence-electron chi connectivity index (χ2n) is 7.56. The van der Waals surface area contributed by atoms with Crippen LogP contribution in [0.5, 0.6) is 11.5 Å². The van der Waals surface area contributed by atoms with Crippen LogP contribution in [0.1, 0.15) is 43.3 Å². The van der Waals surface area contributed by atoms with Crippen molar-refractivity contribution in [2.24, 2.45) is 5.92 Å². The molecule has 1 aromatic carbocycles. The van der Waals surface area contributed by atoms with Gasteiger partial charge in [0.05, 0.1) is 33.4 Å². The third-order valence-corrected chi connectivity index (χ3v) is 5.86. The fourth-order valence-corrected chi connectivity index (χ4v) is 3.88. The van der Waals surface area contributed by atoms with Crippen molar-refractivity contribution in [3.8, 4) is 11.5 Å². The van der Waals surface area contributed by atoms with Gasteiger partial charge in [-0.1, -0.05) is 20.3 Å². The molecule has 0 unspecified atom stereocenters. The number of hydrogen-bond acceptors (Lipinski definition) is 6. The number of nitrogens with one attached hydrogen (secondary N) is 2. The van der Waals surface area contributed by atoms with Gasteiger partial charge in [-0.3, -0.25) is 0 Å². The smallest absolute Gasteiger partial charge is 0.328 e. The quantitative estimate of drug-likeness (QED) is 0.654. The van der Waals surface area contributed by atoms with E-state index in [4.69, 9.17) is 14.2 Å². The van der Waals surface area contributed by atoms with Crippen LogP contribution in [0.4, 0.5) is 4.79 Å². The van der Waals surface area contributed by atoms with Crippen molar-refractivity contribution in [1.29, 1.82) is 0 Å². The summed E-state index contributed by atoms with van der Waals surface area (Å²) in [6.45, 7) is 4.32. The van der Waals surface area contributed by atoms with E-state index in [1.807, 2.05) is 26.0 Å². The Balaban J connectivity index is 2.01. The zero-order valence-electron chi connectivity index (χ0n) is 18.6. The molecule has 3 rings (SSSR count). The third kappa shape index (κ3) is 4.45. The van der Waals surface area contributed by atoms with Crippen LogP contribution in [0.3, 0.4) is 0 Å². The molecule has 9 heteroatoms. The molecule has 1 aromatic heterocycles. The molecule has 0 bridgehead atoms. The number of rotatable bonds is 7. The highest BCUT2D eigenvalue weighted by molar-refractivity contribution is 5.84. The molecule has 0 radical (unpaired) electrons. The molecule has 3 atom stereocenters. The monoisotopic (exact) mass is 430 g/mol. The fraction of sp³-hybridized carbons (Fsp3) is 0.500. The Morgan fingerprint density at radius 1 is 1.29 bits per heavy atom. The van der Waals surface area contributed by atoms with Crippen molar-refractivity contribution >= 4 is 12.0 Å². The number of esters is 1. The van der Waals surface area contributed by atoms with Crippen LogP contribution in [0.25, 0.3) is 0 Å². The van der Waals surface area contributed by atoms with E-state index in [2.05, 4.69) is 15.3 Å². The standard InChI is InChI=1S/C22H30N4O5/c1-6-13(2)18(21(27)31-5)25-22(28)26-10-9-16-19(24-12-23-16)20(26)15-11-14(29-3)7-8-17(15)30-4/h7-8,11-13,18,20H,6,9-10H2,1-5H3,(H,23,24)(H,25,28)/t13-,18+,20+/m0/s1. The molecule has 2 N–H and O–H groups in total. The van der Waals surface area contributed by atoms with E-state index in [0.717, 1.165) is 23.4 Å². The topological polar surface area (TPSA) is 106 Å². The van der Waals surface area contributed by atoms with E-state index in [1.54, 1.807) is 31.5 Å². The molecule has 0 spiro atoms. The number of urea groups is 1. The number of hydrogen-bond donors (Lipinski definition) is 2. The Bertz CT molecular complexity index is 928. The number of imidazole rings is 1. The minimum Gasteiger partial charge on any atom is -0.497 e. The lowest BCUT2D eigenvalue weighted by Gasteiger charge is -2.37. The highest BCUT2D eigenvalue weighted by Gasteiger charge is 2.38. The van der Waals surface area contributed by atoms with E-state index in [0.29, 0.717) is 24.5 Å².